The molecule has 5 atom stereocenters. The number of aromatic nitrogens is 3. The van der Waals surface area contributed by atoms with Crippen molar-refractivity contribution in [2.45, 2.75) is 74.6 Å². The molecule has 0 spiro atoms. The van der Waals surface area contributed by atoms with E-state index in [1.54, 1.807) is 6.33 Å². The van der Waals surface area contributed by atoms with Gasteiger partial charge in [-0.05, 0) is 63.2 Å². The van der Waals surface area contributed by atoms with Gasteiger partial charge >= 0.3 is 0 Å². The molecule has 0 aromatic carbocycles. The Hall–Kier alpha value is -1.18. The SMILES string of the molecule is Cl.N[C@H]1C[C@H](C(=O)NC23CC4CC(C2)CC(n2cncn2)(C4)C3)C[C@@H]1O. The zero-order valence-electron chi connectivity index (χ0n) is 14.9. The number of carbonyl (C=O) groups is 1. The number of hydrogen-bond donors (Lipinski definition) is 3. The van der Waals surface area contributed by atoms with Crippen molar-refractivity contribution >= 4 is 18.3 Å². The highest BCUT2D eigenvalue weighted by Crippen LogP contribution is 2.60. The van der Waals surface area contributed by atoms with Crippen LogP contribution in [0.15, 0.2) is 12.7 Å². The van der Waals surface area contributed by atoms with Crippen LogP contribution in [0.2, 0.25) is 0 Å². The van der Waals surface area contributed by atoms with Gasteiger partial charge in [0.1, 0.15) is 12.7 Å². The minimum Gasteiger partial charge on any atom is -0.391 e. The summed E-state index contributed by atoms with van der Waals surface area (Å²) in [5.41, 5.74) is 5.80. The third-order valence-electron chi connectivity index (χ3n) is 7.27. The van der Waals surface area contributed by atoms with Crippen LogP contribution in [0.25, 0.3) is 0 Å². The molecule has 1 aromatic rings. The molecule has 0 radical (unpaired) electrons. The highest BCUT2D eigenvalue weighted by atomic mass is 35.5. The Bertz CT molecular complexity index is 657. The normalized spacial score (nSPS) is 46.2. The van der Waals surface area contributed by atoms with Crippen LogP contribution in [-0.4, -0.2) is 43.5 Å². The maximum Gasteiger partial charge on any atom is 0.223 e. The predicted octanol–water partition coefficient (Wildman–Crippen LogP) is 0.962. The van der Waals surface area contributed by atoms with Gasteiger partial charge in [-0.15, -0.1) is 12.4 Å². The Morgan fingerprint density at radius 2 is 1.92 bits per heavy atom. The number of halogens is 1. The van der Waals surface area contributed by atoms with Crippen molar-refractivity contribution in [3.63, 3.8) is 0 Å². The van der Waals surface area contributed by atoms with Crippen molar-refractivity contribution in [3.05, 3.63) is 12.7 Å². The zero-order chi connectivity index (χ0) is 17.2. The molecule has 5 aliphatic carbocycles. The Balaban J connectivity index is 0.00000168. The van der Waals surface area contributed by atoms with Gasteiger partial charge in [0.2, 0.25) is 5.91 Å². The molecule has 5 fully saturated rings. The first-order chi connectivity index (χ1) is 12.0. The van der Waals surface area contributed by atoms with Crippen molar-refractivity contribution in [1.29, 1.82) is 0 Å². The first-order valence-corrected chi connectivity index (χ1v) is 9.58. The van der Waals surface area contributed by atoms with Crippen LogP contribution in [0.3, 0.4) is 0 Å². The standard InChI is InChI=1S/C18H27N5O2.ClH/c19-14-2-13(3-15(14)24)16(25)22-17-4-11-1-12(5-17)7-18(6-11,8-17)23-10-20-9-21-23;/h9-15,24H,1-8,19H2,(H,22,25);1H/t11?,12?,13-,14-,15-,17?,18?;/m0./s1. The minimum atomic E-state index is -0.548. The summed E-state index contributed by atoms with van der Waals surface area (Å²) in [6, 6.07) is -0.270. The van der Waals surface area contributed by atoms with Crippen LogP contribution in [0.5, 0.6) is 0 Å². The minimum absolute atomic E-state index is 0. The number of nitrogens with zero attached hydrogens (tertiary/aromatic N) is 3. The second-order valence-electron chi connectivity index (χ2n) is 9.19. The lowest BCUT2D eigenvalue weighted by Gasteiger charge is -2.62. The monoisotopic (exact) mass is 381 g/mol. The number of nitrogens with two attached hydrogens (primary N) is 1. The molecule has 144 valence electrons. The second-order valence-corrected chi connectivity index (χ2v) is 9.19. The van der Waals surface area contributed by atoms with Crippen LogP contribution in [0.4, 0.5) is 0 Å². The number of rotatable bonds is 3. The van der Waals surface area contributed by atoms with Crippen molar-refractivity contribution < 1.29 is 9.90 Å². The molecule has 5 aliphatic rings. The number of hydrogen-bond acceptors (Lipinski definition) is 5. The van der Waals surface area contributed by atoms with Crippen molar-refractivity contribution in [2.75, 3.05) is 0 Å². The molecule has 5 saturated carbocycles. The van der Waals surface area contributed by atoms with E-state index in [2.05, 4.69) is 20.1 Å². The summed E-state index contributed by atoms with van der Waals surface area (Å²) in [5, 5.41) is 17.8. The molecule has 1 heterocycles. The molecule has 4 bridgehead atoms. The zero-order valence-corrected chi connectivity index (χ0v) is 15.7. The third kappa shape index (κ3) is 2.75. The summed E-state index contributed by atoms with van der Waals surface area (Å²) in [7, 11) is 0. The lowest BCUT2D eigenvalue weighted by Crippen LogP contribution is -2.66. The largest absolute Gasteiger partial charge is 0.391 e. The smallest absolute Gasteiger partial charge is 0.223 e. The Morgan fingerprint density at radius 3 is 2.50 bits per heavy atom. The lowest BCUT2D eigenvalue weighted by atomic mass is 9.50. The Kier molecular flexibility index (Phi) is 4.32. The number of aliphatic hydroxyl groups excluding tert-OH is 1. The second kappa shape index (κ2) is 6.17. The van der Waals surface area contributed by atoms with Gasteiger partial charge in [0.05, 0.1) is 11.6 Å². The maximum atomic E-state index is 12.9. The van der Waals surface area contributed by atoms with E-state index in [4.69, 9.17) is 5.73 Å². The van der Waals surface area contributed by atoms with E-state index in [1.807, 2.05) is 6.33 Å². The van der Waals surface area contributed by atoms with E-state index in [0.29, 0.717) is 24.7 Å². The molecule has 8 heteroatoms. The number of carbonyl (C=O) groups excluding carboxylic acids is 1. The first-order valence-electron chi connectivity index (χ1n) is 9.58. The van der Waals surface area contributed by atoms with Gasteiger partial charge in [-0.1, -0.05) is 0 Å². The Morgan fingerprint density at radius 1 is 1.19 bits per heavy atom. The molecular weight excluding hydrogens is 354 g/mol. The van der Waals surface area contributed by atoms with Crippen LogP contribution >= 0.6 is 12.4 Å². The molecule has 2 unspecified atom stereocenters. The molecule has 26 heavy (non-hydrogen) atoms. The average Bonchev–Trinajstić information content (AvgIpc) is 3.17. The van der Waals surface area contributed by atoms with Gasteiger partial charge in [0.15, 0.2) is 0 Å². The van der Waals surface area contributed by atoms with Gasteiger partial charge in [-0.3, -0.25) is 4.79 Å². The fourth-order valence-corrected chi connectivity index (χ4v) is 6.71. The third-order valence-corrected chi connectivity index (χ3v) is 7.27. The van der Waals surface area contributed by atoms with Crippen LogP contribution in [0, 0.1) is 17.8 Å². The predicted molar refractivity (Wildman–Crippen MR) is 97.5 cm³/mol. The summed E-state index contributed by atoms with van der Waals surface area (Å²) < 4.78 is 2.06. The van der Waals surface area contributed by atoms with E-state index in [-0.39, 0.29) is 41.4 Å². The van der Waals surface area contributed by atoms with E-state index in [0.717, 1.165) is 32.1 Å². The maximum absolute atomic E-state index is 12.9. The summed E-state index contributed by atoms with van der Waals surface area (Å²) in [5.74, 6) is 1.24. The molecule has 1 aromatic heterocycles. The van der Waals surface area contributed by atoms with Crippen molar-refractivity contribution in [1.82, 2.24) is 20.1 Å². The van der Waals surface area contributed by atoms with E-state index in [9.17, 15) is 9.90 Å². The van der Waals surface area contributed by atoms with Gasteiger partial charge < -0.3 is 16.2 Å². The van der Waals surface area contributed by atoms with Crippen LogP contribution in [-0.2, 0) is 10.3 Å². The highest BCUT2D eigenvalue weighted by molar-refractivity contribution is 5.85. The molecule has 0 aliphatic heterocycles. The Labute approximate surface area is 159 Å². The van der Waals surface area contributed by atoms with Crippen LogP contribution in [0.1, 0.15) is 51.4 Å². The number of amides is 1. The van der Waals surface area contributed by atoms with Gasteiger partial charge in [-0.2, -0.15) is 5.10 Å². The molecule has 1 amide bonds. The fraction of sp³-hybridized carbons (Fsp3) is 0.833. The molecule has 4 N–H and O–H groups in total. The highest BCUT2D eigenvalue weighted by Gasteiger charge is 2.59. The van der Waals surface area contributed by atoms with Crippen molar-refractivity contribution in [2.24, 2.45) is 23.5 Å². The quantitative estimate of drug-likeness (QED) is 0.723. The topological polar surface area (TPSA) is 106 Å². The van der Waals surface area contributed by atoms with Crippen LogP contribution < -0.4 is 11.1 Å². The molecule has 6 rings (SSSR count). The summed E-state index contributed by atoms with van der Waals surface area (Å²) in [4.78, 5) is 17.1. The average molecular weight is 382 g/mol. The van der Waals surface area contributed by atoms with E-state index in [1.165, 1.54) is 6.42 Å². The fourth-order valence-electron chi connectivity index (χ4n) is 6.71. The summed E-state index contributed by atoms with van der Waals surface area (Å²) in [6.45, 7) is 0. The molecule has 0 saturated heterocycles. The van der Waals surface area contributed by atoms with Gasteiger partial charge in [0, 0.05) is 17.5 Å². The molecular formula is C18H28ClN5O2. The van der Waals surface area contributed by atoms with Gasteiger partial charge in [-0.25, -0.2) is 9.67 Å². The van der Waals surface area contributed by atoms with Crippen molar-refractivity contribution in [3.8, 4) is 0 Å². The first kappa shape index (κ1) is 18.2. The summed E-state index contributed by atoms with van der Waals surface area (Å²) >= 11 is 0. The number of nitrogens with one attached hydrogen (secondary N) is 1. The van der Waals surface area contributed by atoms with Gasteiger partial charge in [0.25, 0.3) is 0 Å². The molecule has 7 nitrogen and oxygen atoms in total. The lowest BCUT2D eigenvalue weighted by molar-refractivity contribution is -0.134. The van der Waals surface area contributed by atoms with E-state index < -0.39 is 6.10 Å². The van der Waals surface area contributed by atoms with E-state index >= 15 is 0 Å². The summed E-state index contributed by atoms with van der Waals surface area (Å²) in [6.07, 6.45) is 10.7. The number of aliphatic hydroxyl groups is 1.